The SMILES string of the molecule is CNc1c(C#N)cnc2c(Br)c(C)ccc12. The van der Waals surface area contributed by atoms with Crippen LogP contribution in [0.4, 0.5) is 5.69 Å². The lowest BCUT2D eigenvalue weighted by molar-refractivity contribution is 1.33. The van der Waals surface area contributed by atoms with E-state index in [0.29, 0.717) is 5.56 Å². The Balaban J connectivity index is 2.91. The van der Waals surface area contributed by atoms with Crippen molar-refractivity contribution < 1.29 is 0 Å². The van der Waals surface area contributed by atoms with E-state index in [2.05, 4.69) is 32.3 Å². The Labute approximate surface area is 102 Å². The third-order valence-electron chi connectivity index (χ3n) is 2.54. The third-order valence-corrected chi connectivity index (χ3v) is 3.54. The normalized spacial score (nSPS) is 10.1. The minimum Gasteiger partial charge on any atom is -0.386 e. The van der Waals surface area contributed by atoms with E-state index < -0.39 is 0 Å². The second kappa shape index (κ2) is 4.11. The Morgan fingerprint density at radius 3 is 2.81 bits per heavy atom. The zero-order chi connectivity index (χ0) is 11.7. The van der Waals surface area contributed by atoms with E-state index in [9.17, 15) is 0 Å². The van der Waals surface area contributed by atoms with Crippen LogP contribution in [0.1, 0.15) is 11.1 Å². The molecule has 0 atom stereocenters. The monoisotopic (exact) mass is 275 g/mol. The van der Waals surface area contributed by atoms with Gasteiger partial charge >= 0.3 is 0 Å². The average molecular weight is 276 g/mol. The van der Waals surface area contributed by atoms with Gasteiger partial charge in [-0.15, -0.1) is 0 Å². The second-order valence-electron chi connectivity index (χ2n) is 3.50. The quantitative estimate of drug-likeness (QED) is 0.870. The number of halogens is 1. The van der Waals surface area contributed by atoms with Crippen LogP contribution >= 0.6 is 15.9 Å². The number of anilines is 1. The first kappa shape index (κ1) is 10.9. The zero-order valence-corrected chi connectivity index (χ0v) is 10.6. The molecule has 1 N–H and O–H groups in total. The number of benzene rings is 1. The fourth-order valence-electron chi connectivity index (χ4n) is 1.69. The molecule has 0 unspecified atom stereocenters. The molecule has 1 aromatic carbocycles. The Hall–Kier alpha value is -1.60. The fourth-order valence-corrected chi connectivity index (χ4v) is 2.13. The number of nitriles is 1. The Morgan fingerprint density at radius 2 is 2.19 bits per heavy atom. The first-order valence-electron chi connectivity index (χ1n) is 4.84. The number of aromatic nitrogens is 1. The van der Waals surface area contributed by atoms with Crippen LogP contribution in [0.25, 0.3) is 10.9 Å². The van der Waals surface area contributed by atoms with Crippen LogP contribution in [-0.4, -0.2) is 12.0 Å². The van der Waals surface area contributed by atoms with E-state index in [4.69, 9.17) is 5.26 Å². The number of pyridine rings is 1. The van der Waals surface area contributed by atoms with Crippen LogP contribution in [0.15, 0.2) is 22.8 Å². The van der Waals surface area contributed by atoms with Crippen LogP contribution in [0.5, 0.6) is 0 Å². The van der Waals surface area contributed by atoms with Gasteiger partial charge in [0.25, 0.3) is 0 Å². The maximum absolute atomic E-state index is 8.99. The van der Waals surface area contributed by atoms with Crippen molar-refractivity contribution in [1.82, 2.24) is 4.98 Å². The summed E-state index contributed by atoms with van der Waals surface area (Å²) >= 11 is 3.52. The average Bonchev–Trinajstić information content (AvgIpc) is 2.32. The van der Waals surface area contributed by atoms with E-state index in [-0.39, 0.29) is 0 Å². The lowest BCUT2D eigenvalue weighted by Crippen LogP contribution is -1.96. The van der Waals surface area contributed by atoms with Gasteiger partial charge in [-0.25, -0.2) is 0 Å². The molecule has 0 aliphatic rings. The van der Waals surface area contributed by atoms with Gasteiger partial charge in [0.1, 0.15) is 6.07 Å². The smallest absolute Gasteiger partial charge is 0.103 e. The maximum Gasteiger partial charge on any atom is 0.103 e. The molecular formula is C12H10BrN3. The van der Waals surface area contributed by atoms with Crippen molar-refractivity contribution in [2.75, 3.05) is 12.4 Å². The molecule has 0 saturated heterocycles. The highest BCUT2D eigenvalue weighted by Gasteiger charge is 2.10. The molecule has 0 bridgehead atoms. The van der Waals surface area contributed by atoms with E-state index >= 15 is 0 Å². The molecular weight excluding hydrogens is 266 g/mol. The zero-order valence-electron chi connectivity index (χ0n) is 9.00. The van der Waals surface area contributed by atoms with Crippen molar-refractivity contribution in [3.63, 3.8) is 0 Å². The number of rotatable bonds is 1. The van der Waals surface area contributed by atoms with Crippen molar-refractivity contribution in [3.05, 3.63) is 33.9 Å². The summed E-state index contributed by atoms with van der Waals surface area (Å²) in [5.41, 5.74) is 3.40. The van der Waals surface area contributed by atoms with Crippen molar-refractivity contribution >= 4 is 32.5 Å². The fraction of sp³-hybridized carbons (Fsp3) is 0.167. The van der Waals surface area contributed by atoms with Gasteiger partial charge in [-0.3, -0.25) is 4.98 Å². The van der Waals surface area contributed by atoms with Gasteiger partial charge < -0.3 is 5.32 Å². The van der Waals surface area contributed by atoms with E-state index in [1.54, 1.807) is 6.20 Å². The molecule has 0 aliphatic heterocycles. The highest BCUT2D eigenvalue weighted by Crippen LogP contribution is 2.31. The highest BCUT2D eigenvalue weighted by molar-refractivity contribution is 9.10. The molecule has 0 saturated carbocycles. The van der Waals surface area contributed by atoms with E-state index in [0.717, 1.165) is 26.6 Å². The minimum absolute atomic E-state index is 0.561. The highest BCUT2D eigenvalue weighted by atomic mass is 79.9. The van der Waals surface area contributed by atoms with Crippen molar-refractivity contribution in [2.24, 2.45) is 0 Å². The van der Waals surface area contributed by atoms with Crippen LogP contribution in [0.3, 0.4) is 0 Å². The number of hydrogen-bond donors (Lipinski definition) is 1. The summed E-state index contributed by atoms with van der Waals surface area (Å²) in [5, 5.41) is 13.0. The molecule has 1 heterocycles. The van der Waals surface area contributed by atoms with E-state index in [1.165, 1.54) is 0 Å². The maximum atomic E-state index is 8.99. The van der Waals surface area contributed by atoms with Crippen LogP contribution in [0.2, 0.25) is 0 Å². The number of fused-ring (bicyclic) bond motifs is 1. The molecule has 0 amide bonds. The summed E-state index contributed by atoms with van der Waals surface area (Å²) in [6.07, 6.45) is 1.60. The molecule has 0 spiro atoms. The molecule has 16 heavy (non-hydrogen) atoms. The molecule has 0 aliphatic carbocycles. The van der Waals surface area contributed by atoms with Gasteiger partial charge in [0.05, 0.1) is 16.8 Å². The molecule has 4 heteroatoms. The largest absolute Gasteiger partial charge is 0.386 e. The van der Waals surface area contributed by atoms with Gasteiger partial charge in [-0.2, -0.15) is 5.26 Å². The predicted molar refractivity (Wildman–Crippen MR) is 68.4 cm³/mol. The van der Waals surface area contributed by atoms with Gasteiger partial charge in [0.15, 0.2) is 0 Å². The van der Waals surface area contributed by atoms with Crippen LogP contribution < -0.4 is 5.32 Å². The van der Waals surface area contributed by atoms with Gasteiger partial charge in [0.2, 0.25) is 0 Å². The summed E-state index contributed by atoms with van der Waals surface area (Å²) in [6, 6.07) is 6.12. The lowest BCUT2D eigenvalue weighted by Gasteiger charge is -2.09. The summed E-state index contributed by atoms with van der Waals surface area (Å²) in [6.45, 7) is 2.02. The summed E-state index contributed by atoms with van der Waals surface area (Å²) in [7, 11) is 1.81. The number of nitrogens with zero attached hydrogens (tertiary/aromatic N) is 2. The topological polar surface area (TPSA) is 48.7 Å². The van der Waals surface area contributed by atoms with Crippen LogP contribution in [0, 0.1) is 18.3 Å². The Morgan fingerprint density at radius 1 is 1.44 bits per heavy atom. The molecule has 0 fully saturated rings. The Bertz CT molecular complexity index is 599. The molecule has 2 aromatic rings. The standard InChI is InChI=1S/C12H10BrN3/c1-7-3-4-9-11(15-2)8(5-14)6-16-12(9)10(7)13/h3-4,6H,1-2H3,(H,15,16). The molecule has 1 aromatic heterocycles. The van der Waals surface area contributed by atoms with Crippen molar-refractivity contribution in [1.29, 1.82) is 5.26 Å². The molecule has 80 valence electrons. The number of hydrogen-bond acceptors (Lipinski definition) is 3. The van der Waals surface area contributed by atoms with Crippen molar-refractivity contribution in [2.45, 2.75) is 6.92 Å². The third kappa shape index (κ3) is 1.54. The first-order valence-corrected chi connectivity index (χ1v) is 5.64. The molecule has 0 radical (unpaired) electrons. The van der Waals surface area contributed by atoms with Crippen LogP contribution in [-0.2, 0) is 0 Å². The van der Waals surface area contributed by atoms with Gasteiger partial charge in [-0.1, -0.05) is 12.1 Å². The first-order chi connectivity index (χ1) is 7.69. The van der Waals surface area contributed by atoms with Crippen molar-refractivity contribution in [3.8, 4) is 6.07 Å². The Kier molecular flexibility index (Phi) is 2.80. The molecule has 2 rings (SSSR count). The summed E-state index contributed by atoms with van der Waals surface area (Å²) < 4.78 is 0.978. The summed E-state index contributed by atoms with van der Waals surface area (Å²) in [4.78, 5) is 4.31. The van der Waals surface area contributed by atoms with Gasteiger partial charge in [0, 0.05) is 23.1 Å². The second-order valence-corrected chi connectivity index (χ2v) is 4.29. The lowest BCUT2D eigenvalue weighted by atomic mass is 10.1. The molecule has 3 nitrogen and oxygen atoms in total. The minimum atomic E-state index is 0.561. The number of aryl methyl sites for hydroxylation is 1. The number of nitrogens with one attached hydrogen (secondary N) is 1. The van der Waals surface area contributed by atoms with E-state index in [1.807, 2.05) is 26.1 Å². The predicted octanol–water partition coefficient (Wildman–Crippen LogP) is 3.22. The summed E-state index contributed by atoms with van der Waals surface area (Å²) in [5.74, 6) is 0. The van der Waals surface area contributed by atoms with Gasteiger partial charge in [-0.05, 0) is 28.4 Å².